The summed E-state index contributed by atoms with van der Waals surface area (Å²) in [4.78, 5) is 4.01. The highest BCUT2D eigenvalue weighted by Gasteiger charge is 1.86. The van der Waals surface area contributed by atoms with Crippen molar-refractivity contribution in [1.29, 1.82) is 0 Å². The predicted octanol–water partition coefficient (Wildman–Crippen LogP) is 3.41. The second-order valence-electron chi connectivity index (χ2n) is 2.47. The van der Waals surface area contributed by atoms with Crippen molar-refractivity contribution in [2.24, 2.45) is 0 Å². The van der Waals surface area contributed by atoms with Crippen LogP contribution in [0.2, 0.25) is 0 Å². The molecule has 0 aliphatic heterocycles. The van der Waals surface area contributed by atoms with Gasteiger partial charge in [-0.25, -0.2) is 0 Å². The van der Waals surface area contributed by atoms with Crippen molar-refractivity contribution >= 4 is 10.8 Å². The summed E-state index contributed by atoms with van der Waals surface area (Å²) in [5.74, 6) is 0. The minimum absolute atomic E-state index is 1.20. The lowest BCUT2D eigenvalue weighted by Gasteiger charge is -1.91. The fourth-order valence-corrected chi connectivity index (χ4v) is 1.03. The Hall–Kier alpha value is -1.58. The highest BCUT2D eigenvalue weighted by molar-refractivity contribution is 5.80. The topological polar surface area (TPSA) is 12.9 Å². The van der Waals surface area contributed by atoms with Crippen molar-refractivity contribution in [3.63, 3.8) is 0 Å². The van der Waals surface area contributed by atoms with E-state index in [1.807, 2.05) is 30.6 Å². The van der Waals surface area contributed by atoms with Gasteiger partial charge in [0.05, 0.1) is 0 Å². The molecule has 0 radical (unpaired) electrons. The second-order valence-corrected chi connectivity index (χ2v) is 2.47. The van der Waals surface area contributed by atoms with Crippen LogP contribution in [0, 0.1) is 0 Å². The third-order valence-electron chi connectivity index (χ3n) is 1.55. The molecule has 0 amide bonds. The third-order valence-corrected chi connectivity index (χ3v) is 1.55. The number of nitrogens with zero attached hydrogens (tertiary/aromatic N) is 1. The number of alkyl halides is 3. The molecule has 0 spiro atoms. The molecule has 0 saturated carbocycles. The molecule has 0 N–H and O–H groups in total. The Morgan fingerprint density at radius 1 is 0.929 bits per heavy atom. The van der Waals surface area contributed by atoms with Crippen molar-refractivity contribution in [2.75, 3.05) is 0 Å². The van der Waals surface area contributed by atoms with Crippen LogP contribution >= 0.6 is 0 Å². The van der Waals surface area contributed by atoms with Gasteiger partial charge in [-0.05, 0) is 16.8 Å². The molecule has 0 saturated heterocycles. The quantitative estimate of drug-likeness (QED) is 0.633. The molecule has 1 nitrogen and oxygen atoms in total. The molecule has 74 valence electrons. The largest absolute Gasteiger partial charge is 0.379 e. The molecule has 0 aliphatic carbocycles. The van der Waals surface area contributed by atoms with Gasteiger partial charge in [0.25, 0.3) is 0 Å². The fourth-order valence-electron chi connectivity index (χ4n) is 1.03. The SMILES string of the molecule is FC(F)F.c1ccc2cnccc2c1. The van der Waals surface area contributed by atoms with Gasteiger partial charge in [0, 0.05) is 12.4 Å². The van der Waals surface area contributed by atoms with Crippen LogP contribution in [-0.2, 0) is 0 Å². The van der Waals surface area contributed by atoms with E-state index in [4.69, 9.17) is 0 Å². The monoisotopic (exact) mass is 199 g/mol. The first-order valence-electron chi connectivity index (χ1n) is 3.91. The van der Waals surface area contributed by atoms with Crippen LogP contribution in [0.25, 0.3) is 10.8 Å². The second kappa shape index (κ2) is 5.21. The average molecular weight is 199 g/mol. The Kier molecular flexibility index (Phi) is 3.91. The van der Waals surface area contributed by atoms with Crippen molar-refractivity contribution in [1.82, 2.24) is 4.98 Å². The smallest absolute Gasteiger partial charge is 0.264 e. The van der Waals surface area contributed by atoms with Gasteiger partial charge in [-0.15, -0.1) is 0 Å². The van der Waals surface area contributed by atoms with E-state index in [0.717, 1.165) is 0 Å². The summed E-state index contributed by atoms with van der Waals surface area (Å²) in [6.45, 7) is -3.67. The maximum Gasteiger partial charge on any atom is 0.379 e. The Labute approximate surface area is 79.2 Å². The molecule has 2 rings (SSSR count). The summed E-state index contributed by atoms with van der Waals surface area (Å²) >= 11 is 0. The van der Waals surface area contributed by atoms with Crippen LogP contribution in [0.15, 0.2) is 42.7 Å². The standard InChI is InChI=1S/C9H7N.CHF3/c1-2-4-9-7-10-6-5-8(9)3-1;2-1(3)4/h1-7H;1H. The first kappa shape index (κ1) is 10.5. The zero-order valence-electron chi connectivity index (χ0n) is 7.20. The summed E-state index contributed by atoms with van der Waals surface area (Å²) in [6.07, 6.45) is 3.68. The molecule has 0 bridgehead atoms. The van der Waals surface area contributed by atoms with Crippen LogP contribution in [0.5, 0.6) is 0 Å². The molecule has 2 aromatic rings. The summed E-state index contributed by atoms with van der Waals surface area (Å²) in [5, 5.41) is 2.45. The van der Waals surface area contributed by atoms with Crippen LogP contribution in [0.4, 0.5) is 13.2 Å². The van der Waals surface area contributed by atoms with Crippen molar-refractivity contribution < 1.29 is 13.2 Å². The Morgan fingerprint density at radius 3 is 2.07 bits per heavy atom. The van der Waals surface area contributed by atoms with Crippen LogP contribution in [-0.4, -0.2) is 11.7 Å². The van der Waals surface area contributed by atoms with Gasteiger partial charge in [0.15, 0.2) is 0 Å². The summed E-state index contributed by atoms with van der Waals surface area (Å²) in [7, 11) is 0. The number of aromatic nitrogens is 1. The van der Waals surface area contributed by atoms with Crippen LogP contribution in [0.1, 0.15) is 0 Å². The van der Waals surface area contributed by atoms with Crippen molar-refractivity contribution in [2.45, 2.75) is 6.68 Å². The first-order valence-corrected chi connectivity index (χ1v) is 3.91. The van der Waals surface area contributed by atoms with E-state index in [-0.39, 0.29) is 0 Å². The molecule has 4 heteroatoms. The van der Waals surface area contributed by atoms with Gasteiger partial charge >= 0.3 is 6.68 Å². The molecular weight excluding hydrogens is 191 g/mol. The van der Waals surface area contributed by atoms with Gasteiger partial charge in [0.1, 0.15) is 0 Å². The zero-order chi connectivity index (χ0) is 10.4. The van der Waals surface area contributed by atoms with E-state index in [1.165, 1.54) is 10.8 Å². The average Bonchev–Trinajstić information content (AvgIpc) is 2.17. The van der Waals surface area contributed by atoms with E-state index < -0.39 is 6.68 Å². The van der Waals surface area contributed by atoms with E-state index >= 15 is 0 Å². The molecule has 1 aromatic heterocycles. The highest BCUT2D eigenvalue weighted by Crippen LogP contribution is 2.09. The lowest BCUT2D eigenvalue weighted by molar-refractivity contribution is 0.00819. The Morgan fingerprint density at radius 2 is 1.50 bits per heavy atom. The molecule has 14 heavy (non-hydrogen) atoms. The van der Waals surface area contributed by atoms with Crippen LogP contribution in [0.3, 0.4) is 0 Å². The molecule has 0 aliphatic rings. The van der Waals surface area contributed by atoms with Gasteiger partial charge in [-0.1, -0.05) is 24.3 Å². The fraction of sp³-hybridized carbons (Fsp3) is 0.100. The zero-order valence-corrected chi connectivity index (χ0v) is 7.20. The van der Waals surface area contributed by atoms with Crippen molar-refractivity contribution in [3.8, 4) is 0 Å². The predicted molar refractivity (Wildman–Crippen MR) is 48.9 cm³/mol. The molecule has 0 unspecified atom stereocenters. The normalized spacial score (nSPS) is 9.71. The molecule has 1 aromatic carbocycles. The number of rotatable bonds is 0. The van der Waals surface area contributed by atoms with Gasteiger partial charge in [0.2, 0.25) is 0 Å². The van der Waals surface area contributed by atoms with Crippen molar-refractivity contribution in [3.05, 3.63) is 42.7 Å². The molecule has 0 atom stereocenters. The number of hydrogen-bond acceptors (Lipinski definition) is 1. The highest BCUT2D eigenvalue weighted by atomic mass is 19.4. The summed E-state index contributed by atoms with van der Waals surface area (Å²) < 4.78 is 29.0. The van der Waals surface area contributed by atoms with E-state index in [2.05, 4.69) is 17.1 Å². The number of fused-ring (bicyclic) bond motifs is 1. The van der Waals surface area contributed by atoms with E-state index in [0.29, 0.717) is 0 Å². The lowest BCUT2D eigenvalue weighted by Crippen LogP contribution is -1.71. The minimum Gasteiger partial charge on any atom is -0.264 e. The molecule has 1 heterocycles. The summed E-state index contributed by atoms with van der Waals surface area (Å²) in [5.41, 5.74) is 0. The first-order chi connectivity index (χ1) is 6.70. The van der Waals surface area contributed by atoms with Gasteiger partial charge < -0.3 is 0 Å². The summed E-state index contributed by atoms with van der Waals surface area (Å²) in [6, 6.07) is 10.2. The Balaban J connectivity index is 0.000000213. The molecule has 0 fully saturated rings. The lowest BCUT2D eigenvalue weighted by atomic mass is 10.2. The van der Waals surface area contributed by atoms with Crippen LogP contribution < -0.4 is 0 Å². The van der Waals surface area contributed by atoms with E-state index in [1.54, 1.807) is 0 Å². The maximum absolute atomic E-state index is 9.67. The number of benzene rings is 1. The van der Waals surface area contributed by atoms with E-state index in [9.17, 15) is 13.2 Å². The maximum atomic E-state index is 9.67. The number of hydrogen-bond donors (Lipinski definition) is 0. The Bertz CT molecular complexity index is 322. The van der Waals surface area contributed by atoms with Gasteiger partial charge in [-0.2, -0.15) is 13.2 Å². The third kappa shape index (κ3) is 3.43. The number of pyridine rings is 1. The minimum atomic E-state index is -3.67. The van der Waals surface area contributed by atoms with Gasteiger partial charge in [-0.3, -0.25) is 4.98 Å². The number of halogens is 3. The molecular formula is C10H8F3N.